The molecule has 0 N–H and O–H groups in total. The maximum atomic E-state index is 10.2. The molecule has 0 aliphatic rings. The molecule has 1 aromatic carbocycles. The molecule has 0 atom stereocenters. The first-order chi connectivity index (χ1) is 6.79. The van der Waals surface area contributed by atoms with Gasteiger partial charge in [-0.25, -0.2) is 4.79 Å². The van der Waals surface area contributed by atoms with Gasteiger partial charge in [-0.15, -0.1) is 0 Å². The van der Waals surface area contributed by atoms with E-state index in [1.165, 1.54) is 5.56 Å². The van der Waals surface area contributed by atoms with Crippen molar-refractivity contribution in [3.8, 4) is 0 Å². The van der Waals surface area contributed by atoms with E-state index < -0.39 is 5.30 Å². The average Bonchev–Trinajstić information content (AvgIpc) is 2.18. The summed E-state index contributed by atoms with van der Waals surface area (Å²) in [5.41, 5.74) is 1.23. The fourth-order valence-corrected chi connectivity index (χ4v) is 1.09. The lowest BCUT2D eigenvalue weighted by Crippen LogP contribution is -1.92. The molecule has 3 heteroatoms. The van der Waals surface area contributed by atoms with Crippen molar-refractivity contribution in [1.29, 1.82) is 0 Å². The lowest BCUT2D eigenvalue weighted by Gasteiger charge is -1.95. The van der Waals surface area contributed by atoms with Gasteiger partial charge in [0.1, 0.15) is 6.61 Å². The van der Waals surface area contributed by atoms with E-state index in [4.69, 9.17) is 0 Å². The van der Waals surface area contributed by atoms with Crippen LogP contribution < -0.4 is 0 Å². The predicted molar refractivity (Wildman–Crippen MR) is 58.2 cm³/mol. The van der Waals surface area contributed by atoms with E-state index in [-0.39, 0.29) is 6.61 Å². The normalized spacial score (nSPS) is 10.3. The van der Waals surface area contributed by atoms with Crippen LogP contribution in [0.5, 0.6) is 0 Å². The van der Waals surface area contributed by atoms with E-state index in [2.05, 4.69) is 17.4 Å². The van der Waals surface area contributed by atoms with E-state index in [1.807, 2.05) is 36.4 Å². The first-order valence-electron chi connectivity index (χ1n) is 4.32. The lowest BCUT2D eigenvalue weighted by molar-refractivity contribution is 0.188. The molecule has 0 bridgehead atoms. The molecule has 0 aliphatic carbocycles. The summed E-state index contributed by atoms with van der Waals surface area (Å²) in [6.45, 7) is 0.259. The summed E-state index contributed by atoms with van der Waals surface area (Å²) < 4.78 is 4.57. The second-order valence-electron chi connectivity index (χ2n) is 2.72. The highest BCUT2D eigenvalue weighted by atomic mass is 32.1. The SMILES string of the molecule is O=C([S])OCC=CCc1ccccc1. The fraction of sp³-hybridized carbons (Fsp3) is 0.182. The number of ether oxygens (including phenoxy) is 1. The number of hydrogen-bond donors (Lipinski definition) is 0. The van der Waals surface area contributed by atoms with Crippen molar-refractivity contribution < 1.29 is 9.53 Å². The van der Waals surface area contributed by atoms with E-state index >= 15 is 0 Å². The molecule has 0 unspecified atom stereocenters. The first-order valence-corrected chi connectivity index (χ1v) is 4.72. The molecule has 0 saturated heterocycles. The monoisotopic (exact) mass is 207 g/mol. The molecule has 1 rings (SSSR count). The molecule has 0 amide bonds. The highest BCUT2D eigenvalue weighted by Gasteiger charge is 1.90. The van der Waals surface area contributed by atoms with Crippen LogP contribution >= 0.6 is 12.6 Å². The van der Waals surface area contributed by atoms with Crippen molar-refractivity contribution in [3.05, 3.63) is 48.0 Å². The van der Waals surface area contributed by atoms with E-state index in [0.29, 0.717) is 0 Å². The number of carbonyl (C=O) groups excluding carboxylic acids is 1. The second-order valence-corrected chi connectivity index (χ2v) is 3.06. The molecule has 0 aromatic heterocycles. The number of rotatable bonds is 4. The third-order valence-corrected chi connectivity index (χ3v) is 1.78. The Bertz CT molecular complexity index is 306. The Morgan fingerprint density at radius 1 is 1.29 bits per heavy atom. The fourth-order valence-electron chi connectivity index (χ4n) is 1.02. The molecule has 0 aliphatic heterocycles. The quantitative estimate of drug-likeness (QED) is 0.560. The maximum absolute atomic E-state index is 10.2. The molecule has 0 spiro atoms. The number of carbonyl (C=O) groups is 1. The summed E-state index contributed by atoms with van der Waals surface area (Å²) in [4.78, 5) is 10.2. The molecule has 1 aromatic rings. The summed E-state index contributed by atoms with van der Waals surface area (Å²) in [6, 6.07) is 10.1. The smallest absolute Gasteiger partial charge is 0.400 e. The molecule has 2 nitrogen and oxygen atoms in total. The topological polar surface area (TPSA) is 26.3 Å². The van der Waals surface area contributed by atoms with Crippen LogP contribution in [0.15, 0.2) is 42.5 Å². The highest BCUT2D eigenvalue weighted by Crippen LogP contribution is 1.99. The number of benzene rings is 1. The van der Waals surface area contributed by atoms with Gasteiger partial charge in [0.2, 0.25) is 0 Å². The minimum absolute atomic E-state index is 0.259. The largest absolute Gasteiger partial charge is 0.450 e. The van der Waals surface area contributed by atoms with Gasteiger partial charge in [0.25, 0.3) is 0 Å². The van der Waals surface area contributed by atoms with Crippen LogP contribution in [0.4, 0.5) is 4.79 Å². The minimum Gasteiger partial charge on any atom is -0.450 e. The van der Waals surface area contributed by atoms with Crippen molar-refractivity contribution in [2.24, 2.45) is 0 Å². The number of allylic oxidation sites excluding steroid dienone is 1. The van der Waals surface area contributed by atoms with Crippen molar-refractivity contribution in [2.75, 3.05) is 6.61 Å². The standard InChI is InChI=1S/C11H11O2S/c12-11(14)13-9-5-4-8-10-6-2-1-3-7-10/h1-7H,8-9H2. The van der Waals surface area contributed by atoms with Gasteiger partial charge in [-0.3, -0.25) is 0 Å². The van der Waals surface area contributed by atoms with E-state index in [1.54, 1.807) is 6.08 Å². The van der Waals surface area contributed by atoms with Crippen molar-refractivity contribution >= 4 is 17.9 Å². The zero-order valence-corrected chi connectivity index (χ0v) is 8.50. The Hall–Kier alpha value is -1.35. The van der Waals surface area contributed by atoms with Crippen LogP contribution in [0.25, 0.3) is 0 Å². The van der Waals surface area contributed by atoms with Crippen LogP contribution in [-0.4, -0.2) is 11.9 Å². The average molecular weight is 207 g/mol. The van der Waals surface area contributed by atoms with Crippen LogP contribution in [0.1, 0.15) is 5.56 Å². The zero-order valence-electron chi connectivity index (χ0n) is 7.68. The molecule has 0 fully saturated rings. The minimum atomic E-state index is -0.658. The molecule has 0 heterocycles. The lowest BCUT2D eigenvalue weighted by atomic mass is 10.1. The van der Waals surface area contributed by atoms with Crippen LogP contribution in [-0.2, 0) is 11.2 Å². The number of hydrogen-bond acceptors (Lipinski definition) is 2. The molecule has 73 valence electrons. The summed E-state index contributed by atoms with van der Waals surface area (Å²) in [7, 11) is 0. The third-order valence-electron chi connectivity index (χ3n) is 1.66. The summed E-state index contributed by atoms with van der Waals surface area (Å²) in [5, 5.41) is -0.658. The first kappa shape index (κ1) is 10.7. The highest BCUT2D eigenvalue weighted by molar-refractivity contribution is 7.96. The van der Waals surface area contributed by atoms with Gasteiger partial charge in [0.05, 0.1) is 0 Å². The van der Waals surface area contributed by atoms with Gasteiger partial charge in [-0.05, 0) is 12.0 Å². The molecule has 1 radical (unpaired) electrons. The molecular weight excluding hydrogens is 196 g/mol. The van der Waals surface area contributed by atoms with Gasteiger partial charge in [-0.1, -0.05) is 42.5 Å². The Morgan fingerprint density at radius 2 is 2.00 bits per heavy atom. The van der Waals surface area contributed by atoms with Crippen LogP contribution in [0.3, 0.4) is 0 Å². The van der Waals surface area contributed by atoms with Gasteiger partial charge in [0.15, 0.2) is 0 Å². The van der Waals surface area contributed by atoms with Crippen molar-refractivity contribution in [1.82, 2.24) is 0 Å². The molecule has 14 heavy (non-hydrogen) atoms. The molecule has 0 saturated carbocycles. The van der Waals surface area contributed by atoms with Crippen LogP contribution in [0.2, 0.25) is 0 Å². The van der Waals surface area contributed by atoms with Crippen molar-refractivity contribution in [3.63, 3.8) is 0 Å². The van der Waals surface area contributed by atoms with Gasteiger partial charge < -0.3 is 4.74 Å². The Labute approximate surface area is 89.0 Å². The van der Waals surface area contributed by atoms with E-state index in [9.17, 15) is 4.79 Å². The second kappa shape index (κ2) is 6.16. The Kier molecular flexibility index (Phi) is 4.72. The summed E-state index contributed by atoms with van der Waals surface area (Å²) in [6.07, 6.45) is 4.58. The third kappa shape index (κ3) is 4.62. The Morgan fingerprint density at radius 3 is 2.64 bits per heavy atom. The Balaban J connectivity index is 2.24. The van der Waals surface area contributed by atoms with Gasteiger partial charge in [0, 0.05) is 12.6 Å². The van der Waals surface area contributed by atoms with E-state index in [0.717, 1.165) is 6.42 Å². The van der Waals surface area contributed by atoms with Crippen molar-refractivity contribution in [2.45, 2.75) is 6.42 Å². The van der Waals surface area contributed by atoms with Crippen LogP contribution in [0, 0.1) is 0 Å². The molecular formula is C11H11O2S. The van der Waals surface area contributed by atoms with Gasteiger partial charge >= 0.3 is 5.30 Å². The summed E-state index contributed by atoms with van der Waals surface area (Å²) in [5.74, 6) is 0. The maximum Gasteiger partial charge on any atom is 0.400 e. The van der Waals surface area contributed by atoms with Gasteiger partial charge in [-0.2, -0.15) is 0 Å². The summed E-state index contributed by atoms with van der Waals surface area (Å²) >= 11 is 4.23. The zero-order chi connectivity index (χ0) is 10.2. The predicted octanol–water partition coefficient (Wildman–Crippen LogP) is 3.12.